The van der Waals surface area contributed by atoms with Crippen LogP contribution in [0.5, 0.6) is 11.5 Å². The Bertz CT molecular complexity index is 1590. The quantitative estimate of drug-likeness (QED) is 0.304. The first-order valence-electron chi connectivity index (χ1n) is 11.1. The van der Waals surface area contributed by atoms with Crippen LogP contribution in [0.1, 0.15) is 22.3 Å². The number of pyridine rings is 2. The Balaban J connectivity index is 1.79. The van der Waals surface area contributed by atoms with E-state index in [2.05, 4.69) is 38.1 Å². The van der Waals surface area contributed by atoms with E-state index in [0.717, 1.165) is 17.7 Å². The summed E-state index contributed by atoms with van der Waals surface area (Å²) >= 11 is 12.6. The van der Waals surface area contributed by atoms with E-state index < -0.39 is 0 Å². The first-order chi connectivity index (χ1) is 17.8. The maximum Gasteiger partial charge on any atom is 0.139 e. The molecule has 37 heavy (non-hydrogen) atoms. The van der Waals surface area contributed by atoms with Gasteiger partial charge in [0.05, 0.1) is 52.3 Å². The van der Waals surface area contributed by atoms with Crippen LogP contribution in [0.2, 0.25) is 10.0 Å². The van der Waals surface area contributed by atoms with Crippen molar-refractivity contribution in [2.24, 2.45) is 0 Å². The van der Waals surface area contributed by atoms with E-state index in [1.165, 1.54) is 13.3 Å². The molecule has 0 aliphatic heterocycles. The molecule has 2 aromatic carbocycles. The topological polar surface area (TPSA) is 83.3 Å². The molecule has 0 saturated heterocycles. The minimum Gasteiger partial charge on any atom is -0.495 e. The molecule has 9 heteroatoms. The Morgan fingerprint density at radius 3 is 2.41 bits per heavy atom. The number of ether oxygens (including phenoxy) is 2. The van der Waals surface area contributed by atoms with E-state index in [1.807, 2.05) is 32.4 Å². The number of nitriles is 1. The fraction of sp³-hybridized carbons (Fsp3) is 0.179. The van der Waals surface area contributed by atoms with Crippen molar-refractivity contribution in [3.8, 4) is 29.4 Å². The molecule has 7 nitrogen and oxygen atoms in total. The van der Waals surface area contributed by atoms with Gasteiger partial charge in [0, 0.05) is 42.2 Å². The Hall–Kier alpha value is -4.01. The molecule has 0 fully saturated rings. The van der Waals surface area contributed by atoms with Gasteiger partial charge in [-0.3, -0.25) is 9.97 Å². The molecule has 1 N–H and O–H groups in total. The number of hydrogen-bond donors (Lipinski definition) is 1. The number of hydrogen-bond acceptors (Lipinski definition) is 7. The second kappa shape index (κ2) is 11.4. The number of fused-ring (bicyclic) bond motifs is 1. The van der Waals surface area contributed by atoms with Gasteiger partial charge in [-0.15, -0.1) is 0 Å². The van der Waals surface area contributed by atoms with Gasteiger partial charge >= 0.3 is 0 Å². The molecule has 0 spiro atoms. The van der Waals surface area contributed by atoms with Crippen LogP contribution < -0.4 is 14.8 Å². The molecule has 0 atom stereocenters. The van der Waals surface area contributed by atoms with Crippen LogP contribution in [-0.2, 0) is 6.54 Å². The number of benzene rings is 2. The fourth-order valence-electron chi connectivity index (χ4n) is 3.77. The van der Waals surface area contributed by atoms with Crippen molar-refractivity contribution in [2.45, 2.75) is 6.54 Å². The van der Waals surface area contributed by atoms with E-state index in [9.17, 15) is 5.26 Å². The molecule has 186 valence electrons. The van der Waals surface area contributed by atoms with Gasteiger partial charge in [0.25, 0.3) is 0 Å². The second-order valence-corrected chi connectivity index (χ2v) is 9.20. The molecular weight excluding hydrogens is 509 g/mol. The molecule has 4 rings (SSSR count). The summed E-state index contributed by atoms with van der Waals surface area (Å²) in [5.41, 5.74) is 4.54. The molecular formula is C28H23Cl2N5O2. The van der Waals surface area contributed by atoms with Crippen LogP contribution in [0.3, 0.4) is 0 Å². The van der Waals surface area contributed by atoms with Crippen LogP contribution >= 0.6 is 23.2 Å². The third kappa shape index (κ3) is 5.87. The highest BCUT2D eigenvalue weighted by Crippen LogP contribution is 2.39. The molecule has 2 heterocycles. The third-order valence-corrected chi connectivity index (χ3v) is 6.05. The fourth-order valence-corrected chi connectivity index (χ4v) is 4.28. The molecule has 0 aliphatic carbocycles. The zero-order valence-corrected chi connectivity index (χ0v) is 22.2. The minimum atomic E-state index is 0.335. The predicted octanol–water partition coefficient (Wildman–Crippen LogP) is 6.03. The van der Waals surface area contributed by atoms with E-state index in [0.29, 0.717) is 54.9 Å². The van der Waals surface area contributed by atoms with Crippen LogP contribution in [0.15, 0.2) is 48.9 Å². The lowest BCUT2D eigenvalue weighted by Gasteiger charge is -2.15. The largest absolute Gasteiger partial charge is 0.495 e. The number of halogens is 2. The van der Waals surface area contributed by atoms with Gasteiger partial charge in [0.15, 0.2) is 0 Å². The molecule has 0 aliphatic rings. The van der Waals surface area contributed by atoms with E-state index in [-0.39, 0.29) is 0 Å². The first-order valence-corrected chi connectivity index (χ1v) is 11.9. The number of nitrogens with zero attached hydrogens (tertiary/aromatic N) is 4. The van der Waals surface area contributed by atoms with Gasteiger partial charge in [-0.1, -0.05) is 35.0 Å². The molecule has 0 radical (unpaired) electrons. The highest BCUT2D eigenvalue weighted by atomic mass is 35.5. The zero-order valence-electron chi connectivity index (χ0n) is 20.7. The average Bonchev–Trinajstić information content (AvgIpc) is 2.88. The van der Waals surface area contributed by atoms with Crippen LogP contribution in [0.25, 0.3) is 10.9 Å². The minimum absolute atomic E-state index is 0.335. The highest BCUT2D eigenvalue weighted by Gasteiger charge is 2.16. The van der Waals surface area contributed by atoms with Crippen molar-refractivity contribution in [3.63, 3.8) is 0 Å². The van der Waals surface area contributed by atoms with Crippen molar-refractivity contribution in [1.29, 1.82) is 5.26 Å². The van der Waals surface area contributed by atoms with Crippen molar-refractivity contribution < 1.29 is 9.47 Å². The average molecular weight is 532 g/mol. The third-order valence-electron chi connectivity index (χ3n) is 5.45. The maximum atomic E-state index is 9.77. The van der Waals surface area contributed by atoms with Crippen LogP contribution in [0.4, 0.5) is 11.4 Å². The smallest absolute Gasteiger partial charge is 0.139 e. The Morgan fingerprint density at radius 2 is 1.70 bits per heavy atom. The molecule has 0 bridgehead atoms. The van der Waals surface area contributed by atoms with E-state index >= 15 is 0 Å². The normalized spacial score (nSPS) is 10.5. The number of methoxy groups -OCH3 is 2. The van der Waals surface area contributed by atoms with Crippen molar-refractivity contribution in [1.82, 2.24) is 14.9 Å². The molecule has 2 aromatic heterocycles. The summed E-state index contributed by atoms with van der Waals surface area (Å²) in [6, 6.07) is 11.1. The van der Waals surface area contributed by atoms with Gasteiger partial charge in [0.2, 0.25) is 0 Å². The lowest BCUT2D eigenvalue weighted by molar-refractivity contribution is 0.402. The maximum absolute atomic E-state index is 9.77. The standard InChI is InChI=1S/C28H23Cl2N5O2/c1-35(2)16-18-7-17(13-32-14-18)5-6-19-8-24-21(9-26(19)36-3)28(20(12-31)15-33-24)34-25-11-27(37-4)23(30)10-22(25)29/h7-11,13-15H,16H2,1-4H3,(H,33,34). The monoisotopic (exact) mass is 531 g/mol. The van der Waals surface area contributed by atoms with Crippen molar-refractivity contribution in [2.75, 3.05) is 33.6 Å². The van der Waals surface area contributed by atoms with Gasteiger partial charge in [0.1, 0.15) is 17.6 Å². The summed E-state index contributed by atoms with van der Waals surface area (Å²) in [6.45, 7) is 0.770. The predicted molar refractivity (Wildman–Crippen MR) is 147 cm³/mol. The SMILES string of the molecule is COc1cc(Nc2c(C#N)cnc3cc(C#Cc4cncc(CN(C)C)c4)c(OC)cc23)c(Cl)cc1Cl. The lowest BCUT2D eigenvalue weighted by Crippen LogP contribution is -2.10. The summed E-state index contributed by atoms with van der Waals surface area (Å²) < 4.78 is 11.0. The Labute approximate surface area is 225 Å². The summed E-state index contributed by atoms with van der Waals surface area (Å²) in [5, 5.41) is 14.4. The molecule has 0 saturated carbocycles. The van der Waals surface area contributed by atoms with E-state index in [4.69, 9.17) is 32.7 Å². The summed E-state index contributed by atoms with van der Waals surface area (Å²) in [5.74, 6) is 7.33. The zero-order chi connectivity index (χ0) is 26.5. The molecule has 0 amide bonds. The highest BCUT2D eigenvalue weighted by molar-refractivity contribution is 6.37. The molecule has 4 aromatic rings. The van der Waals surface area contributed by atoms with Gasteiger partial charge in [-0.25, -0.2) is 0 Å². The Morgan fingerprint density at radius 1 is 0.919 bits per heavy atom. The summed E-state index contributed by atoms with van der Waals surface area (Å²) in [7, 11) is 7.09. The number of aromatic nitrogens is 2. The second-order valence-electron chi connectivity index (χ2n) is 8.39. The first kappa shape index (κ1) is 26.1. The van der Waals surface area contributed by atoms with Crippen LogP contribution in [-0.4, -0.2) is 43.2 Å². The van der Waals surface area contributed by atoms with E-state index in [1.54, 1.807) is 31.5 Å². The number of rotatable bonds is 6. The summed E-state index contributed by atoms with van der Waals surface area (Å²) in [4.78, 5) is 10.8. The lowest BCUT2D eigenvalue weighted by atomic mass is 10.1. The van der Waals surface area contributed by atoms with Gasteiger partial charge in [-0.05, 0) is 43.9 Å². The Kier molecular flexibility index (Phi) is 8.01. The number of nitrogens with one attached hydrogen (secondary N) is 1. The van der Waals surface area contributed by atoms with Crippen LogP contribution in [0, 0.1) is 23.2 Å². The number of anilines is 2. The molecule has 0 unspecified atom stereocenters. The van der Waals surface area contributed by atoms with Gasteiger partial charge in [-0.2, -0.15) is 5.26 Å². The van der Waals surface area contributed by atoms with Gasteiger partial charge < -0.3 is 19.7 Å². The van der Waals surface area contributed by atoms with Crippen molar-refractivity contribution >= 4 is 45.5 Å². The summed E-state index contributed by atoms with van der Waals surface area (Å²) in [6.07, 6.45) is 5.06. The van der Waals surface area contributed by atoms with Crippen molar-refractivity contribution in [3.05, 3.63) is 81.2 Å².